The summed E-state index contributed by atoms with van der Waals surface area (Å²) in [6.45, 7) is 13.3. The highest BCUT2D eigenvalue weighted by atomic mass is 32.2. The lowest BCUT2D eigenvalue weighted by atomic mass is 9.82. The van der Waals surface area contributed by atoms with Gasteiger partial charge < -0.3 is 18.9 Å². The summed E-state index contributed by atoms with van der Waals surface area (Å²) in [5.41, 5.74) is -1.30. The molecule has 0 N–H and O–H groups in total. The Labute approximate surface area is 220 Å². The third-order valence-electron chi connectivity index (χ3n) is 6.63. The predicted octanol–water partition coefficient (Wildman–Crippen LogP) is 5.73. The van der Waals surface area contributed by atoms with Crippen LogP contribution < -0.4 is 4.74 Å². The van der Waals surface area contributed by atoms with Crippen molar-refractivity contribution in [2.75, 3.05) is 11.5 Å². The minimum atomic E-state index is -1.35. The highest BCUT2D eigenvalue weighted by Gasteiger charge is 2.59. The van der Waals surface area contributed by atoms with Gasteiger partial charge in [0.1, 0.15) is 11.4 Å². The molecule has 0 spiro atoms. The van der Waals surface area contributed by atoms with Gasteiger partial charge in [0.05, 0.1) is 12.5 Å². The predicted molar refractivity (Wildman–Crippen MR) is 141 cm³/mol. The molecule has 0 radical (unpaired) electrons. The molecule has 0 aromatic carbocycles. The summed E-state index contributed by atoms with van der Waals surface area (Å²) in [6, 6.07) is 3.75. The first-order valence-corrected chi connectivity index (χ1v) is 14.3. The molecule has 1 saturated carbocycles. The average Bonchev–Trinajstić information content (AvgIpc) is 3.00. The molecule has 1 aliphatic carbocycles. The van der Waals surface area contributed by atoms with Crippen LogP contribution in [0.1, 0.15) is 86.3 Å². The van der Waals surface area contributed by atoms with Crippen LogP contribution in [0.5, 0.6) is 5.75 Å². The molecule has 2 aliphatic rings. The molecule has 2 heterocycles. The highest BCUT2D eigenvalue weighted by molar-refractivity contribution is 7.99. The number of cyclic esters (lactones) is 1. The van der Waals surface area contributed by atoms with Gasteiger partial charge in [-0.1, -0.05) is 13.8 Å². The number of nitrogens with zero attached hydrogens (tertiary/aromatic N) is 1. The molecule has 3 rings (SSSR count). The molecular weight excluding hydrogens is 478 g/mol. The summed E-state index contributed by atoms with van der Waals surface area (Å²) in [4.78, 5) is 30.9. The van der Waals surface area contributed by atoms with Gasteiger partial charge in [0.2, 0.25) is 5.79 Å². The molecule has 0 amide bonds. The fourth-order valence-corrected chi connectivity index (χ4v) is 5.86. The fraction of sp³-hybridized carbons (Fsp3) is 0.750. The topological polar surface area (TPSA) is 84.0 Å². The maximum absolute atomic E-state index is 13.5. The van der Waals surface area contributed by atoms with E-state index in [1.54, 1.807) is 31.8 Å². The Balaban J connectivity index is 1.87. The van der Waals surface area contributed by atoms with Gasteiger partial charge in [-0.05, 0) is 64.2 Å². The highest BCUT2D eigenvalue weighted by Crippen LogP contribution is 2.43. The standard InChI is InChI=1S/C28H43NO6S/c1-8-36-18-20(15-24(30)33-26(3,4)5)28(25(31)34-27(6,7)35-28)17-21-16-23(13-14-29-21)32-22-11-9-19(2)10-12-22/h13-14,16,19-20,22H,8-12,15,17-18H2,1-7H3/t19?,20-,22?,28+/m0/s1. The van der Waals surface area contributed by atoms with E-state index in [2.05, 4.69) is 11.9 Å². The van der Waals surface area contributed by atoms with Gasteiger partial charge >= 0.3 is 11.9 Å². The Morgan fingerprint density at radius 2 is 1.94 bits per heavy atom. The molecule has 1 saturated heterocycles. The van der Waals surface area contributed by atoms with Crippen molar-refractivity contribution in [1.82, 2.24) is 4.98 Å². The molecule has 8 heteroatoms. The zero-order chi connectivity index (χ0) is 26.6. The van der Waals surface area contributed by atoms with E-state index in [1.165, 1.54) is 12.8 Å². The van der Waals surface area contributed by atoms with E-state index in [1.807, 2.05) is 39.8 Å². The van der Waals surface area contributed by atoms with Crippen LogP contribution in [0.3, 0.4) is 0 Å². The van der Waals surface area contributed by atoms with Crippen LogP contribution in [0.2, 0.25) is 0 Å². The average molecular weight is 522 g/mol. The number of esters is 2. The van der Waals surface area contributed by atoms with Gasteiger partial charge in [0.25, 0.3) is 0 Å². The minimum absolute atomic E-state index is 0.0475. The number of ether oxygens (including phenoxy) is 4. The Morgan fingerprint density at radius 3 is 2.53 bits per heavy atom. The van der Waals surface area contributed by atoms with E-state index in [0.29, 0.717) is 11.4 Å². The Bertz CT molecular complexity index is 906. The summed E-state index contributed by atoms with van der Waals surface area (Å²) in [5.74, 6) is 0.512. The number of carbonyl (C=O) groups is 2. The van der Waals surface area contributed by atoms with Crippen molar-refractivity contribution in [2.24, 2.45) is 11.8 Å². The monoisotopic (exact) mass is 521 g/mol. The minimum Gasteiger partial charge on any atom is -0.490 e. The molecule has 0 bridgehead atoms. The molecule has 1 aliphatic heterocycles. The summed E-state index contributed by atoms with van der Waals surface area (Å²) < 4.78 is 23.9. The summed E-state index contributed by atoms with van der Waals surface area (Å²) in [6.07, 6.45) is 6.55. The number of aromatic nitrogens is 1. The number of pyridine rings is 1. The van der Waals surface area contributed by atoms with E-state index in [4.69, 9.17) is 18.9 Å². The Morgan fingerprint density at radius 1 is 1.25 bits per heavy atom. The Hall–Kier alpha value is -1.80. The second kappa shape index (κ2) is 11.7. The van der Waals surface area contributed by atoms with Gasteiger partial charge in [0.15, 0.2) is 5.60 Å². The summed E-state index contributed by atoms with van der Waals surface area (Å²) >= 11 is 1.66. The quantitative estimate of drug-likeness (QED) is 0.361. The van der Waals surface area contributed by atoms with Gasteiger partial charge in [0, 0.05) is 49.9 Å². The molecule has 202 valence electrons. The van der Waals surface area contributed by atoms with Crippen LogP contribution in [0.25, 0.3) is 0 Å². The second-order valence-corrected chi connectivity index (χ2v) is 12.9. The third kappa shape index (κ3) is 7.85. The van der Waals surface area contributed by atoms with Crippen molar-refractivity contribution in [3.63, 3.8) is 0 Å². The number of carbonyl (C=O) groups excluding carboxylic acids is 2. The summed E-state index contributed by atoms with van der Waals surface area (Å²) in [5, 5.41) is 0. The van der Waals surface area contributed by atoms with Crippen molar-refractivity contribution < 1.29 is 28.5 Å². The second-order valence-electron chi connectivity index (χ2n) is 11.6. The van der Waals surface area contributed by atoms with E-state index >= 15 is 0 Å². The number of thioether (sulfide) groups is 1. The van der Waals surface area contributed by atoms with Crippen LogP contribution in [0.4, 0.5) is 0 Å². The molecule has 2 fully saturated rings. The van der Waals surface area contributed by atoms with E-state index in [-0.39, 0.29) is 24.9 Å². The van der Waals surface area contributed by atoms with E-state index in [9.17, 15) is 9.59 Å². The van der Waals surface area contributed by atoms with Crippen LogP contribution in [-0.4, -0.2) is 51.5 Å². The van der Waals surface area contributed by atoms with Crippen LogP contribution in [0.15, 0.2) is 18.3 Å². The molecule has 1 aromatic rings. The smallest absolute Gasteiger partial charge is 0.341 e. The number of rotatable bonds is 10. The molecule has 7 nitrogen and oxygen atoms in total. The van der Waals surface area contributed by atoms with Gasteiger partial charge in [-0.25, -0.2) is 4.79 Å². The molecule has 2 atom stereocenters. The van der Waals surface area contributed by atoms with Crippen molar-refractivity contribution in [1.29, 1.82) is 0 Å². The maximum atomic E-state index is 13.5. The maximum Gasteiger partial charge on any atom is 0.341 e. The lowest BCUT2D eigenvalue weighted by Crippen LogP contribution is -2.49. The van der Waals surface area contributed by atoms with Crippen molar-refractivity contribution in [2.45, 2.75) is 110 Å². The molecular formula is C28H43NO6S. The van der Waals surface area contributed by atoms with Crippen molar-refractivity contribution in [3.05, 3.63) is 24.0 Å². The molecule has 36 heavy (non-hydrogen) atoms. The number of hydrogen-bond donors (Lipinski definition) is 0. The first-order valence-electron chi connectivity index (χ1n) is 13.2. The first-order chi connectivity index (χ1) is 16.8. The Kier molecular flexibility index (Phi) is 9.36. The largest absolute Gasteiger partial charge is 0.490 e. The van der Waals surface area contributed by atoms with E-state index < -0.39 is 28.9 Å². The zero-order valence-electron chi connectivity index (χ0n) is 22.9. The van der Waals surface area contributed by atoms with Gasteiger partial charge in [-0.3, -0.25) is 9.78 Å². The first kappa shape index (κ1) is 28.8. The molecule has 0 unspecified atom stereocenters. The third-order valence-corrected chi connectivity index (χ3v) is 7.67. The van der Waals surface area contributed by atoms with E-state index in [0.717, 1.165) is 30.3 Å². The van der Waals surface area contributed by atoms with Crippen LogP contribution in [0, 0.1) is 11.8 Å². The summed E-state index contributed by atoms with van der Waals surface area (Å²) in [7, 11) is 0. The van der Waals surface area contributed by atoms with Crippen molar-refractivity contribution >= 4 is 23.7 Å². The zero-order valence-corrected chi connectivity index (χ0v) is 23.7. The normalized spacial score (nSPS) is 26.8. The van der Waals surface area contributed by atoms with Gasteiger partial charge in [-0.15, -0.1) is 0 Å². The fourth-order valence-electron chi connectivity index (χ4n) is 4.95. The molecule has 1 aromatic heterocycles. The van der Waals surface area contributed by atoms with Crippen LogP contribution >= 0.6 is 11.8 Å². The van der Waals surface area contributed by atoms with Gasteiger partial charge in [-0.2, -0.15) is 11.8 Å². The van der Waals surface area contributed by atoms with Crippen LogP contribution in [-0.2, 0) is 30.2 Å². The van der Waals surface area contributed by atoms with Crippen molar-refractivity contribution in [3.8, 4) is 5.75 Å². The lowest BCUT2D eigenvalue weighted by molar-refractivity contribution is -0.178. The number of hydrogen-bond acceptors (Lipinski definition) is 8. The lowest BCUT2D eigenvalue weighted by Gasteiger charge is -2.34. The SMILES string of the molecule is CCSC[C@H](CC(=O)OC(C)(C)C)[C@@]1(Cc2cc(OC3CCC(C)CC3)ccn2)OC(C)(C)OC1=O.